The average molecular weight is 346 g/mol. The minimum Gasteiger partial charge on any atom is -0.399 e. The maximum atomic E-state index is 8.59. The van der Waals surface area contributed by atoms with Crippen LogP contribution in [0.4, 0.5) is 11.4 Å². The number of nitrogens with two attached hydrogens (primary N) is 4. The van der Waals surface area contributed by atoms with Crippen LogP contribution < -0.4 is 23.2 Å². The van der Waals surface area contributed by atoms with E-state index >= 15 is 0 Å². The van der Waals surface area contributed by atoms with Crippen molar-refractivity contribution in [3.63, 3.8) is 0 Å². The molecule has 2 aromatic carbocycles. The Morgan fingerprint density at radius 1 is 0.760 bits per heavy atom. The fraction of sp³-hybridized carbons (Fsp3) is 0.333. The van der Waals surface area contributed by atoms with Gasteiger partial charge in [0, 0.05) is 37.6 Å². The summed E-state index contributed by atoms with van der Waals surface area (Å²) in [5.74, 6) is 10.9. The molecule has 0 bridgehead atoms. The molecule has 138 valence electrons. The van der Waals surface area contributed by atoms with Crippen molar-refractivity contribution in [1.29, 1.82) is 0 Å². The Kier molecular flexibility index (Phi) is 9.53. The molecular weight excluding hydrogens is 316 g/mol. The van der Waals surface area contributed by atoms with E-state index in [-0.39, 0.29) is 6.61 Å². The van der Waals surface area contributed by atoms with Crippen molar-refractivity contribution in [2.75, 3.05) is 37.6 Å². The first-order valence-corrected chi connectivity index (χ1v) is 8.17. The Balaban J connectivity index is 0.000000188. The van der Waals surface area contributed by atoms with Gasteiger partial charge in [-0.1, -0.05) is 29.8 Å². The topological polar surface area (TPSA) is 131 Å². The van der Waals surface area contributed by atoms with E-state index in [1.807, 2.05) is 31.2 Å². The molecule has 0 amide bonds. The molecule has 7 nitrogen and oxygen atoms in total. The van der Waals surface area contributed by atoms with Gasteiger partial charge in [0.05, 0.1) is 6.61 Å². The van der Waals surface area contributed by atoms with Gasteiger partial charge in [-0.15, -0.1) is 0 Å². The van der Waals surface area contributed by atoms with Crippen LogP contribution in [0.25, 0.3) is 0 Å². The van der Waals surface area contributed by atoms with Gasteiger partial charge in [-0.05, 0) is 36.8 Å². The molecule has 1 fully saturated rings. The number of anilines is 2. The number of aliphatic hydroxyl groups excluding tert-OH is 1. The summed E-state index contributed by atoms with van der Waals surface area (Å²) in [7, 11) is 0. The maximum absolute atomic E-state index is 8.59. The van der Waals surface area contributed by atoms with Crippen LogP contribution in [0.2, 0.25) is 0 Å². The fourth-order valence-electron chi connectivity index (χ4n) is 1.93. The molecule has 1 heterocycles. The van der Waals surface area contributed by atoms with Gasteiger partial charge >= 0.3 is 0 Å². The molecule has 9 N–H and O–H groups in total. The van der Waals surface area contributed by atoms with E-state index in [1.165, 1.54) is 5.56 Å². The molecule has 1 saturated heterocycles. The third-order valence-electron chi connectivity index (χ3n) is 3.59. The van der Waals surface area contributed by atoms with E-state index < -0.39 is 0 Å². The third-order valence-corrected chi connectivity index (χ3v) is 3.59. The van der Waals surface area contributed by atoms with Gasteiger partial charge in [-0.25, -0.2) is 10.0 Å². The lowest BCUT2D eigenvalue weighted by Gasteiger charge is -2.28. The highest BCUT2D eigenvalue weighted by molar-refractivity contribution is 5.39. The number of piperazine rings is 1. The number of aryl methyl sites for hydroxylation is 1. The zero-order valence-electron chi connectivity index (χ0n) is 14.8. The van der Waals surface area contributed by atoms with Gasteiger partial charge in [0.15, 0.2) is 0 Å². The summed E-state index contributed by atoms with van der Waals surface area (Å²) in [6.45, 7) is 5.67. The van der Waals surface area contributed by atoms with Gasteiger partial charge in [0.1, 0.15) is 0 Å². The van der Waals surface area contributed by atoms with Crippen LogP contribution in [-0.2, 0) is 6.61 Å². The van der Waals surface area contributed by atoms with E-state index in [4.69, 9.17) is 28.3 Å². The molecule has 0 atom stereocenters. The number of benzene rings is 2. The summed E-state index contributed by atoms with van der Waals surface area (Å²) in [6, 6.07) is 14.9. The standard InChI is InChI=1S/C7H9NO.C7H9N.C4H12N4/c8-7-3-1-6(5-9)2-4-7;1-6-2-4-7(8)5-3-6;5-7-1-2-8(6)4-3-7/h1-4,9H,5,8H2;2-5H,8H2,1H3;1-6H2. The molecule has 1 aliphatic heterocycles. The Morgan fingerprint density at radius 3 is 1.44 bits per heavy atom. The lowest BCUT2D eigenvalue weighted by molar-refractivity contribution is 0.135. The Labute approximate surface area is 149 Å². The summed E-state index contributed by atoms with van der Waals surface area (Å²) in [6.07, 6.45) is 0. The van der Waals surface area contributed by atoms with Crippen molar-refractivity contribution in [2.24, 2.45) is 11.7 Å². The summed E-state index contributed by atoms with van der Waals surface area (Å²) in [5.41, 5.74) is 14.5. The van der Waals surface area contributed by atoms with Crippen molar-refractivity contribution < 1.29 is 5.11 Å². The number of hydrazine groups is 2. The van der Waals surface area contributed by atoms with Crippen molar-refractivity contribution >= 4 is 11.4 Å². The van der Waals surface area contributed by atoms with Crippen LogP contribution in [0.3, 0.4) is 0 Å². The predicted molar refractivity (Wildman–Crippen MR) is 104 cm³/mol. The largest absolute Gasteiger partial charge is 0.399 e. The molecule has 0 aromatic heterocycles. The van der Waals surface area contributed by atoms with Crippen LogP contribution in [0.1, 0.15) is 11.1 Å². The highest BCUT2D eigenvalue weighted by atomic mass is 16.3. The molecule has 0 radical (unpaired) electrons. The minimum absolute atomic E-state index is 0.0836. The molecule has 3 rings (SSSR count). The first kappa shape index (κ1) is 20.9. The lowest BCUT2D eigenvalue weighted by Crippen LogP contribution is -2.51. The maximum Gasteiger partial charge on any atom is 0.0681 e. The number of nitrogens with zero attached hydrogens (tertiary/aromatic N) is 2. The molecule has 1 aliphatic rings. The van der Waals surface area contributed by atoms with Crippen molar-refractivity contribution in [3.8, 4) is 0 Å². The van der Waals surface area contributed by atoms with Crippen molar-refractivity contribution in [1.82, 2.24) is 10.0 Å². The van der Waals surface area contributed by atoms with E-state index in [0.717, 1.165) is 43.1 Å². The molecule has 0 unspecified atom stereocenters. The van der Waals surface area contributed by atoms with Crippen LogP contribution in [0.5, 0.6) is 0 Å². The first-order chi connectivity index (χ1) is 11.9. The number of hydrogen-bond acceptors (Lipinski definition) is 7. The van der Waals surface area contributed by atoms with Crippen LogP contribution in [0, 0.1) is 6.92 Å². The van der Waals surface area contributed by atoms with E-state index in [2.05, 4.69) is 0 Å². The smallest absolute Gasteiger partial charge is 0.0681 e. The lowest BCUT2D eigenvalue weighted by atomic mass is 10.2. The van der Waals surface area contributed by atoms with Gasteiger partial charge in [0.25, 0.3) is 0 Å². The number of hydrogen-bond donors (Lipinski definition) is 5. The van der Waals surface area contributed by atoms with Gasteiger partial charge < -0.3 is 16.6 Å². The average Bonchev–Trinajstić information content (AvgIpc) is 2.62. The zero-order chi connectivity index (χ0) is 18.7. The molecule has 7 heteroatoms. The normalized spacial score (nSPS) is 14.7. The molecule has 25 heavy (non-hydrogen) atoms. The summed E-state index contributed by atoms with van der Waals surface area (Å²) < 4.78 is 0. The van der Waals surface area contributed by atoms with Gasteiger partial charge in [-0.3, -0.25) is 11.7 Å². The monoisotopic (exact) mass is 346 g/mol. The van der Waals surface area contributed by atoms with E-state index in [1.54, 1.807) is 34.3 Å². The second-order valence-electron chi connectivity index (χ2n) is 5.88. The number of aliphatic hydroxyl groups is 1. The van der Waals surface area contributed by atoms with Crippen molar-refractivity contribution in [2.45, 2.75) is 13.5 Å². The molecule has 2 aromatic rings. The fourth-order valence-corrected chi connectivity index (χ4v) is 1.93. The molecule has 0 aliphatic carbocycles. The quantitative estimate of drug-likeness (QED) is 0.379. The highest BCUT2D eigenvalue weighted by Gasteiger charge is 2.08. The molecule has 0 spiro atoms. The van der Waals surface area contributed by atoms with Crippen LogP contribution in [-0.4, -0.2) is 41.3 Å². The Hall–Kier alpha value is -2.16. The van der Waals surface area contributed by atoms with Crippen LogP contribution >= 0.6 is 0 Å². The summed E-state index contributed by atoms with van der Waals surface area (Å²) in [5, 5.41) is 12.1. The molecule has 0 saturated carbocycles. The number of rotatable bonds is 1. The predicted octanol–water partition coefficient (Wildman–Crippen LogP) is 0.690. The number of nitrogen functional groups attached to an aromatic ring is 2. The third kappa shape index (κ3) is 9.65. The Bertz CT molecular complexity index is 549. The minimum atomic E-state index is 0.0836. The van der Waals surface area contributed by atoms with Gasteiger partial charge in [-0.2, -0.15) is 0 Å². The SMILES string of the molecule is Cc1ccc(N)cc1.NN1CCN(N)CC1.Nc1ccc(CO)cc1. The Morgan fingerprint density at radius 2 is 1.12 bits per heavy atom. The summed E-state index contributed by atoms with van der Waals surface area (Å²) >= 11 is 0. The second kappa shape index (κ2) is 11.4. The highest BCUT2D eigenvalue weighted by Crippen LogP contribution is 2.04. The summed E-state index contributed by atoms with van der Waals surface area (Å²) in [4.78, 5) is 0. The second-order valence-corrected chi connectivity index (χ2v) is 5.88. The zero-order valence-corrected chi connectivity index (χ0v) is 14.8. The van der Waals surface area contributed by atoms with Gasteiger partial charge in [0.2, 0.25) is 0 Å². The van der Waals surface area contributed by atoms with Crippen molar-refractivity contribution in [3.05, 3.63) is 59.7 Å². The molecular formula is C18H30N6O. The first-order valence-electron chi connectivity index (χ1n) is 8.17. The van der Waals surface area contributed by atoms with Crippen LogP contribution in [0.15, 0.2) is 48.5 Å². The van der Waals surface area contributed by atoms with E-state index in [0.29, 0.717) is 0 Å². The van der Waals surface area contributed by atoms with E-state index in [9.17, 15) is 0 Å².